The Morgan fingerprint density at radius 2 is 1.72 bits per heavy atom. The first-order valence-electron chi connectivity index (χ1n) is 5.32. The van der Waals surface area contributed by atoms with E-state index in [0.29, 0.717) is 11.1 Å². The van der Waals surface area contributed by atoms with Crippen LogP contribution in [0.2, 0.25) is 0 Å². The molecule has 2 N–H and O–H groups in total. The number of hydrogen-bond donors (Lipinski definition) is 2. The van der Waals surface area contributed by atoms with E-state index in [2.05, 4.69) is 5.16 Å². The average Bonchev–Trinajstić information content (AvgIpc) is 2.40. The Labute approximate surface area is 104 Å². The van der Waals surface area contributed by atoms with Crippen LogP contribution in [-0.2, 0) is 0 Å². The monoisotopic (exact) mass is 241 g/mol. The Bertz CT molecular complexity index is 588. The molecule has 0 radical (unpaired) electrons. The van der Waals surface area contributed by atoms with Gasteiger partial charge in [-0.3, -0.25) is 4.79 Å². The van der Waals surface area contributed by atoms with Crippen molar-refractivity contribution in [1.82, 2.24) is 0 Å². The minimum atomic E-state index is -0.374. The van der Waals surface area contributed by atoms with E-state index >= 15 is 0 Å². The highest BCUT2D eigenvalue weighted by Crippen LogP contribution is 2.28. The summed E-state index contributed by atoms with van der Waals surface area (Å²) in [7, 11) is 0. The van der Waals surface area contributed by atoms with Gasteiger partial charge in [0.15, 0.2) is 0 Å². The van der Waals surface area contributed by atoms with Gasteiger partial charge in [0.1, 0.15) is 12.0 Å². The van der Waals surface area contributed by atoms with Gasteiger partial charge < -0.3 is 10.3 Å². The largest absolute Gasteiger partial charge is 0.507 e. The second kappa shape index (κ2) is 5.14. The van der Waals surface area contributed by atoms with Crippen LogP contribution >= 0.6 is 0 Å². The van der Waals surface area contributed by atoms with Crippen molar-refractivity contribution in [2.45, 2.75) is 0 Å². The smallest absolute Gasteiger partial charge is 0.207 e. The highest BCUT2D eigenvalue weighted by atomic mass is 16.4. The van der Waals surface area contributed by atoms with Crippen molar-refractivity contribution in [2.24, 2.45) is 5.16 Å². The lowest BCUT2D eigenvalue weighted by Gasteiger charge is -2.04. The molecule has 0 atom stereocenters. The molecule has 0 amide bonds. The number of carbonyl (C=O) groups excluding carboxylic acids is 1. The zero-order valence-corrected chi connectivity index (χ0v) is 9.45. The highest BCUT2D eigenvalue weighted by Gasteiger charge is 2.06. The van der Waals surface area contributed by atoms with Crippen molar-refractivity contribution in [3.63, 3.8) is 0 Å². The maximum atomic E-state index is 11.4. The Hall–Kier alpha value is -2.62. The predicted molar refractivity (Wildman–Crippen MR) is 68.2 cm³/mol. The third-order valence-electron chi connectivity index (χ3n) is 2.56. The van der Waals surface area contributed by atoms with Crippen LogP contribution in [0.1, 0.15) is 10.4 Å². The van der Waals surface area contributed by atoms with Crippen LogP contribution in [-0.4, -0.2) is 22.3 Å². The lowest BCUT2D eigenvalue weighted by atomic mass is 10.0. The molecule has 4 heteroatoms. The fourth-order valence-corrected chi connectivity index (χ4v) is 1.66. The summed E-state index contributed by atoms with van der Waals surface area (Å²) in [4.78, 5) is 11.4. The zero-order chi connectivity index (χ0) is 13.0. The fourth-order valence-electron chi connectivity index (χ4n) is 1.66. The van der Waals surface area contributed by atoms with Gasteiger partial charge in [-0.1, -0.05) is 47.6 Å². The predicted octanol–water partition coefficient (Wildman–Crippen LogP) is 2.70. The van der Waals surface area contributed by atoms with Gasteiger partial charge in [0.05, 0.1) is 0 Å². The lowest BCUT2D eigenvalue weighted by Crippen LogP contribution is -1.99. The van der Waals surface area contributed by atoms with Crippen molar-refractivity contribution >= 4 is 12.0 Å². The molecule has 90 valence electrons. The summed E-state index contributed by atoms with van der Waals surface area (Å²) in [6, 6.07) is 13.7. The number of phenols is 1. The zero-order valence-electron chi connectivity index (χ0n) is 9.45. The molecule has 18 heavy (non-hydrogen) atoms. The highest BCUT2D eigenvalue weighted by molar-refractivity contribution is 6.35. The van der Waals surface area contributed by atoms with E-state index in [1.807, 2.05) is 6.07 Å². The number of carbonyl (C=O) groups is 1. The molecule has 0 aromatic heterocycles. The van der Waals surface area contributed by atoms with E-state index in [0.717, 1.165) is 11.8 Å². The summed E-state index contributed by atoms with van der Waals surface area (Å²) in [5.74, 6) is -0.185. The van der Waals surface area contributed by atoms with Gasteiger partial charge >= 0.3 is 0 Å². The molecule has 0 fully saturated rings. The topological polar surface area (TPSA) is 69.9 Å². The van der Waals surface area contributed by atoms with Gasteiger partial charge in [-0.25, -0.2) is 0 Å². The summed E-state index contributed by atoms with van der Waals surface area (Å²) >= 11 is 0. The molecule has 0 bridgehead atoms. The summed E-state index contributed by atoms with van der Waals surface area (Å²) in [5.41, 5.74) is 1.94. The molecule has 4 nitrogen and oxygen atoms in total. The van der Waals surface area contributed by atoms with Crippen molar-refractivity contribution in [1.29, 1.82) is 0 Å². The van der Waals surface area contributed by atoms with Crippen LogP contribution in [0.4, 0.5) is 0 Å². The molecule has 0 saturated carbocycles. The second-order valence-electron chi connectivity index (χ2n) is 3.70. The van der Waals surface area contributed by atoms with E-state index in [1.54, 1.807) is 42.5 Å². The summed E-state index contributed by atoms with van der Waals surface area (Å²) in [5, 5.41) is 20.7. The van der Waals surface area contributed by atoms with Crippen molar-refractivity contribution < 1.29 is 15.1 Å². The molecule has 0 unspecified atom stereocenters. The molecule has 0 aliphatic carbocycles. The molecular formula is C14H11NO3. The van der Waals surface area contributed by atoms with Crippen LogP contribution < -0.4 is 0 Å². The molecule has 2 aromatic carbocycles. The van der Waals surface area contributed by atoms with Crippen molar-refractivity contribution in [3.8, 4) is 16.9 Å². The SMILES string of the molecule is O=C(/C=N\O)c1ccc(-c2ccccc2O)cc1. The first-order valence-corrected chi connectivity index (χ1v) is 5.32. The standard InChI is InChI=1S/C14H11NO3/c16-13-4-2-1-3-12(13)10-5-7-11(8-6-10)14(17)9-15-18/h1-9,16,18H/b15-9-. The van der Waals surface area contributed by atoms with Crippen molar-refractivity contribution in [3.05, 3.63) is 54.1 Å². The normalized spacial score (nSPS) is 10.7. The maximum Gasteiger partial charge on any atom is 0.207 e. The number of hydrogen-bond acceptors (Lipinski definition) is 4. The molecule has 0 saturated heterocycles. The van der Waals surface area contributed by atoms with Gasteiger partial charge in [0, 0.05) is 11.1 Å². The molecule has 0 aliphatic heterocycles. The van der Waals surface area contributed by atoms with Crippen LogP contribution in [0, 0.1) is 0 Å². The Kier molecular flexibility index (Phi) is 3.38. The van der Waals surface area contributed by atoms with Crippen LogP contribution in [0.15, 0.2) is 53.7 Å². The maximum absolute atomic E-state index is 11.4. The van der Waals surface area contributed by atoms with Gasteiger partial charge in [-0.15, -0.1) is 0 Å². The van der Waals surface area contributed by atoms with Crippen LogP contribution in [0.3, 0.4) is 0 Å². The van der Waals surface area contributed by atoms with Crippen molar-refractivity contribution in [2.75, 3.05) is 0 Å². The van der Waals surface area contributed by atoms with Crippen LogP contribution in [0.25, 0.3) is 11.1 Å². The first kappa shape index (κ1) is 11.9. The molecule has 2 aromatic rings. The fraction of sp³-hybridized carbons (Fsp3) is 0. The van der Waals surface area contributed by atoms with Crippen LogP contribution in [0.5, 0.6) is 5.75 Å². The third-order valence-corrected chi connectivity index (χ3v) is 2.56. The number of oxime groups is 1. The summed E-state index contributed by atoms with van der Waals surface area (Å²) in [6.07, 6.45) is 0.842. The Morgan fingerprint density at radius 3 is 2.33 bits per heavy atom. The van der Waals surface area contributed by atoms with Gasteiger partial charge in [0.2, 0.25) is 5.78 Å². The molecule has 0 aliphatic rings. The number of phenolic OH excluding ortho intramolecular Hbond substituents is 1. The van der Waals surface area contributed by atoms with Gasteiger partial charge in [-0.2, -0.15) is 0 Å². The number of Topliss-reactive ketones (excluding diaryl/α,β-unsaturated/α-hetero) is 1. The number of aromatic hydroxyl groups is 1. The van der Waals surface area contributed by atoms with E-state index in [4.69, 9.17) is 5.21 Å². The Balaban J connectivity index is 2.34. The molecule has 0 spiro atoms. The first-order chi connectivity index (χ1) is 8.72. The molecular weight excluding hydrogens is 230 g/mol. The average molecular weight is 241 g/mol. The number of nitrogens with zero attached hydrogens (tertiary/aromatic N) is 1. The van der Waals surface area contributed by atoms with E-state index < -0.39 is 0 Å². The molecule has 0 heterocycles. The molecule has 2 rings (SSSR count). The van der Waals surface area contributed by atoms with E-state index in [9.17, 15) is 9.90 Å². The Morgan fingerprint density at radius 1 is 1.06 bits per heavy atom. The number of rotatable bonds is 3. The van der Waals surface area contributed by atoms with E-state index in [1.165, 1.54) is 0 Å². The summed E-state index contributed by atoms with van der Waals surface area (Å²) in [6.45, 7) is 0. The van der Waals surface area contributed by atoms with Gasteiger partial charge in [-0.05, 0) is 11.6 Å². The number of benzene rings is 2. The summed E-state index contributed by atoms with van der Waals surface area (Å²) < 4.78 is 0. The second-order valence-corrected chi connectivity index (χ2v) is 3.70. The van der Waals surface area contributed by atoms with E-state index in [-0.39, 0.29) is 11.5 Å². The lowest BCUT2D eigenvalue weighted by molar-refractivity contribution is 0.106. The minimum absolute atomic E-state index is 0.188. The third kappa shape index (κ3) is 2.38. The number of para-hydroxylation sites is 1. The minimum Gasteiger partial charge on any atom is -0.507 e. The van der Waals surface area contributed by atoms with Gasteiger partial charge in [0.25, 0.3) is 0 Å². The quantitative estimate of drug-likeness (QED) is 0.375. The number of ketones is 1.